The Bertz CT molecular complexity index is 895. The molecule has 0 aromatic heterocycles. The molecule has 6 nitrogen and oxygen atoms in total. The van der Waals surface area contributed by atoms with Gasteiger partial charge in [0.05, 0.1) is 12.3 Å². The summed E-state index contributed by atoms with van der Waals surface area (Å²) in [6, 6.07) is 14.8. The van der Waals surface area contributed by atoms with Gasteiger partial charge in [-0.3, -0.25) is 9.59 Å². The highest BCUT2D eigenvalue weighted by Crippen LogP contribution is 2.36. The van der Waals surface area contributed by atoms with Crippen LogP contribution in [0.4, 0.5) is 11.4 Å². The van der Waals surface area contributed by atoms with E-state index in [-0.39, 0.29) is 11.8 Å². The lowest BCUT2D eigenvalue weighted by Crippen LogP contribution is -2.45. The van der Waals surface area contributed by atoms with Gasteiger partial charge in [0.1, 0.15) is 11.5 Å². The number of benzene rings is 2. The first-order valence-electron chi connectivity index (χ1n) is 9.68. The van der Waals surface area contributed by atoms with Crippen LogP contribution >= 0.6 is 0 Å². The maximum absolute atomic E-state index is 12.5. The smallest absolute Gasteiger partial charge is 0.268 e. The number of carbonyl (C=O) groups excluding carboxylic acids is 2. The molecule has 3 rings (SSSR count). The molecule has 0 fully saturated rings. The summed E-state index contributed by atoms with van der Waals surface area (Å²) >= 11 is 0. The van der Waals surface area contributed by atoms with Gasteiger partial charge in [-0.2, -0.15) is 0 Å². The minimum atomic E-state index is -0.549. The van der Waals surface area contributed by atoms with Gasteiger partial charge in [-0.05, 0) is 50.6 Å². The van der Waals surface area contributed by atoms with Gasteiger partial charge in [0.15, 0.2) is 6.10 Å². The number of hydrogen-bond acceptors (Lipinski definition) is 4. The Kier molecular flexibility index (Phi) is 6.54. The van der Waals surface area contributed by atoms with Gasteiger partial charge in [0.25, 0.3) is 5.91 Å². The van der Waals surface area contributed by atoms with Crippen LogP contribution in [0.15, 0.2) is 60.7 Å². The van der Waals surface area contributed by atoms with Gasteiger partial charge in [0, 0.05) is 18.7 Å². The summed E-state index contributed by atoms with van der Waals surface area (Å²) < 4.78 is 11.3. The first-order chi connectivity index (χ1) is 13.9. The van der Waals surface area contributed by atoms with Crippen molar-refractivity contribution in [2.24, 2.45) is 0 Å². The molecule has 6 heteroatoms. The highest BCUT2D eigenvalue weighted by Gasteiger charge is 2.31. The molecule has 1 aliphatic heterocycles. The van der Waals surface area contributed by atoms with E-state index in [9.17, 15) is 9.59 Å². The molecule has 0 spiro atoms. The maximum atomic E-state index is 12.5. The number of rotatable bonds is 8. The van der Waals surface area contributed by atoms with Crippen LogP contribution in [-0.2, 0) is 9.59 Å². The summed E-state index contributed by atoms with van der Waals surface area (Å²) in [5.74, 6) is 1.18. The highest BCUT2D eigenvalue weighted by molar-refractivity contribution is 6.01. The zero-order valence-corrected chi connectivity index (χ0v) is 16.8. The van der Waals surface area contributed by atoms with Crippen LogP contribution in [0.1, 0.15) is 26.7 Å². The maximum Gasteiger partial charge on any atom is 0.268 e. The Morgan fingerprint density at radius 1 is 1.24 bits per heavy atom. The molecular weight excluding hydrogens is 368 g/mol. The number of carbonyl (C=O) groups is 2. The highest BCUT2D eigenvalue weighted by atomic mass is 16.5. The molecule has 2 aromatic carbocycles. The molecule has 2 aromatic rings. The monoisotopic (exact) mass is 394 g/mol. The van der Waals surface area contributed by atoms with Gasteiger partial charge in [-0.25, -0.2) is 0 Å². The van der Waals surface area contributed by atoms with Crippen LogP contribution in [0.3, 0.4) is 0 Å². The van der Waals surface area contributed by atoms with E-state index in [0.717, 1.165) is 11.3 Å². The summed E-state index contributed by atoms with van der Waals surface area (Å²) in [4.78, 5) is 26.4. The lowest BCUT2D eigenvalue weighted by molar-refractivity contribution is -0.125. The Hall–Kier alpha value is -3.28. The molecule has 0 saturated carbocycles. The number of hydrogen-bond donors (Lipinski definition) is 1. The summed E-state index contributed by atoms with van der Waals surface area (Å²) in [6.45, 7) is 8.37. The molecule has 1 unspecified atom stereocenters. The van der Waals surface area contributed by atoms with E-state index in [1.807, 2.05) is 37.3 Å². The third-order valence-electron chi connectivity index (χ3n) is 4.44. The van der Waals surface area contributed by atoms with Crippen LogP contribution in [0.25, 0.3) is 0 Å². The number of amides is 2. The summed E-state index contributed by atoms with van der Waals surface area (Å²) in [5.41, 5.74) is 2.13. The minimum Gasteiger partial charge on any atom is -0.494 e. The second kappa shape index (κ2) is 9.28. The Morgan fingerprint density at radius 2 is 2.00 bits per heavy atom. The quantitative estimate of drug-likeness (QED) is 0.539. The SMILES string of the molecule is C=C(C)CN1C(=O)C(C)Oc2ccc(NC(=O)CCCOc3ccccc3)cc21. The van der Waals surface area contributed by atoms with Crippen molar-refractivity contribution in [2.45, 2.75) is 32.8 Å². The average Bonchev–Trinajstić information content (AvgIpc) is 2.70. The van der Waals surface area contributed by atoms with Gasteiger partial charge in [-0.1, -0.05) is 30.4 Å². The van der Waals surface area contributed by atoms with E-state index in [0.29, 0.717) is 43.1 Å². The lowest BCUT2D eigenvalue weighted by atomic mass is 10.1. The molecule has 1 heterocycles. The Labute approximate surface area is 171 Å². The summed E-state index contributed by atoms with van der Waals surface area (Å²) in [7, 11) is 0. The van der Waals surface area contributed by atoms with E-state index in [1.165, 1.54) is 0 Å². The van der Waals surface area contributed by atoms with E-state index < -0.39 is 6.10 Å². The van der Waals surface area contributed by atoms with Crippen molar-refractivity contribution in [1.82, 2.24) is 0 Å². The molecule has 1 aliphatic rings. The van der Waals surface area contributed by atoms with Crippen molar-refractivity contribution in [3.63, 3.8) is 0 Å². The average molecular weight is 394 g/mol. The van der Waals surface area contributed by atoms with Crippen molar-refractivity contribution in [2.75, 3.05) is 23.4 Å². The van der Waals surface area contributed by atoms with Crippen LogP contribution in [0, 0.1) is 0 Å². The van der Waals surface area contributed by atoms with Crippen molar-refractivity contribution in [1.29, 1.82) is 0 Å². The molecule has 2 amide bonds. The zero-order chi connectivity index (χ0) is 20.8. The second-order valence-corrected chi connectivity index (χ2v) is 7.14. The van der Waals surface area contributed by atoms with Gasteiger partial charge in [-0.15, -0.1) is 0 Å². The molecule has 1 atom stereocenters. The van der Waals surface area contributed by atoms with Crippen LogP contribution in [0.5, 0.6) is 11.5 Å². The standard InChI is InChI=1S/C23H26N2O4/c1-16(2)15-25-20-14-18(11-12-21(20)29-17(3)23(25)27)24-22(26)10-7-13-28-19-8-5-4-6-9-19/h4-6,8-9,11-12,14,17H,1,7,10,13,15H2,2-3H3,(H,24,26). The van der Waals surface area contributed by atoms with Crippen molar-refractivity contribution in [3.8, 4) is 11.5 Å². The predicted octanol–water partition coefficient (Wildman–Crippen LogP) is 4.17. The minimum absolute atomic E-state index is 0.107. The van der Waals surface area contributed by atoms with Crippen LogP contribution < -0.4 is 19.7 Å². The number of ether oxygens (including phenoxy) is 2. The second-order valence-electron chi connectivity index (χ2n) is 7.14. The predicted molar refractivity (Wildman–Crippen MR) is 113 cm³/mol. The topological polar surface area (TPSA) is 67.9 Å². The largest absolute Gasteiger partial charge is 0.494 e. The Morgan fingerprint density at radius 3 is 2.72 bits per heavy atom. The molecule has 29 heavy (non-hydrogen) atoms. The van der Waals surface area contributed by atoms with E-state index in [1.54, 1.807) is 30.0 Å². The fraction of sp³-hybridized carbons (Fsp3) is 0.304. The van der Waals surface area contributed by atoms with Crippen molar-refractivity contribution < 1.29 is 19.1 Å². The fourth-order valence-electron chi connectivity index (χ4n) is 3.08. The third kappa shape index (κ3) is 5.38. The fourth-order valence-corrected chi connectivity index (χ4v) is 3.08. The van der Waals surface area contributed by atoms with E-state index in [4.69, 9.17) is 9.47 Å². The normalized spacial score (nSPS) is 15.3. The number of para-hydroxylation sites is 1. The number of anilines is 2. The lowest BCUT2D eigenvalue weighted by Gasteiger charge is -2.33. The first kappa shape index (κ1) is 20.5. The van der Waals surface area contributed by atoms with Crippen molar-refractivity contribution in [3.05, 3.63) is 60.7 Å². The number of nitrogens with one attached hydrogen (secondary N) is 1. The van der Waals surface area contributed by atoms with E-state index >= 15 is 0 Å². The molecule has 0 bridgehead atoms. The third-order valence-corrected chi connectivity index (χ3v) is 4.44. The number of nitrogens with zero attached hydrogens (tertiary/aromatic N) is 1. The molecule has 1 N–H and O–H groups in total. The molecule has 152 valence electrons. The molecule has 0 radical (unpaired) electrons. The van der Waals surface area contributed by atoms with E-state index in [2.05, 4.69) is 11.9 Å². The van der Waals surface area contributed by atoms with Gasteiger partial charge < -0.3 is 19.7 Å². The Balaban J connectivity index is 1.58. The number of fused-ring (bicyclic) bond motifs is 1. The van der Waals surface area contributed by atoms with Crippen LogP contribution in [-0.4, -0.2) is 31.1 Å². The van der Waals surface area contributed by atoms with Crippen LogP contribution in [0.2, 0.25) is 0 Å². The van der Waals surface area contributed by atoms with Gasteiger partial charge >= 0.3 is 0 Å². The molecule has 0 aliphatic carbocycles. The molecular formula is C23H26N2O4. The summed E-state index contributed by atoms with van der Waals surface area (Å²) in [5, 5.41) is 2.88. The molecule has 0 saturated heterocycles. The first-order valence-corrected chi connectivity index (χ1v) is 9.68. The zero-order valence-electron chi connectivity index (χ0n) is 16.8. The summed E-state index contributed by atoms with van der Waals surface area (Å²) in [6.07, 6.45) is 0.394. The van der Waals surface area contributed by atoms with Crippen molar-refractivity contribution >= 4 is 23.2 Å². The van der Waals surface area contributed by atoms with Gasteiger partial charge in [0.2, 0.25) is 5.91 Å².